The van der Waals surface area contributed by atoms with E-state index in [2.05, 4.69) is 27.3 Å². The number of hydrogen-bond acceptors (Lipinski definition) is 6. The lowest BCUT2D eigenvalue weighted by Gasteiger charge is -2.26. The normalized spacial score (nSPS) is 15.2. The molecule has 0 unspecified atom stereocenters. The summed E-state index contributed by atoms with van der Waals surface area (Å²) in [6.45, 7) is 3.19. The molecule has 3 rings (SSSR count). The first kappa shape index (κ1) is 21.0. The van der Waals surface area contributed by atoms with E-state index in [-0.39, 0.29) is 23.5 Å². The van der Waals surface area contributed by atoms with Crippen molar-refractivity contribution in [3.63, 3.8) is 0 Å². The van der Waals surface area contributed by atoms with E-state index in [1.807, 2.05) is 6.92 Å². The van der Waals surface area contributed by atoms with Gasteiger partial charge in [-0.05, 0) is 46.6 Å². The van der Waals surface area contributed by atoms with Gasteiger partial charge < -0.3 is 10.1 Å². The van der Waals surface area contributed by atoms with Crippen LogP contribution in [0.2, 0.25) is 0 Å². The number of carbonyl (C=O) groups excluding carboxylic acids is 1. The second-order valence-electron chi connectivity index (χ2n) is 6.04. The molecule has 7 nitrogen and oxygen atoms in total. The summed E-state index contributed by atoms with van der Waals surface area (Å²) in [6, 6.07) is 8.25. The number of nitrogens with one attached hydrogen (secondary N) is 1. The van der Waals surface area contributed by atoms with Crippen molar-refractivity contribution in [2.45, 2.75) is 18.2 Å². The van der Waals surface area contributed by atoms with Gasteiger partial charge >= 0.3 is 0 Å². The smallest absolute Gasteiger partial charge is 0.256 e. The van der Waals surface area contributed by atoms with Crippen LogP contribution in [0.3, 0.4) is 0 Å². The molecule has 2 aromatic rings. The molecule has 1 saturated heterocycles. The van der Waals surface area contributed by atoms with Crippen molar-refractivity contribution in [1.82, 2.24) is 4.31 Å². The second kappa shape index (κ2) is 8.71. The summed E-state index contributed by atoms with van der Waals surface area (Å²) in [5, 5.41) is 12.4. The van der Waals surface area contributed by atoms with Crippen molar-refractivity contribution in [3.05, 3.63) is 44.7 Å². The van der Waals surface area contributed by atoms with Gasteiger partial charge in [0, 0.05) is 28.0 Å². The van der Waals surface area contributed by atoms with E-state index in [1.165, 1.54) is 27.8 Å². The topological polar surface area (TPSA) is 99.5 Å². The highest BCUT2D eigenvalue weighted by molar-refractivity contribution is 9.10. The molecule has 28 heavy (non-hydrogen) atoms. The number of nitriles is 1. The minimum atomic E-state index is -3.76. The molecule has 0 radical (unpaired) electrons. The lowest BCUT2D eigenvalue weighted by atomic mass is 10.2. The number of hydrogen-bond donors (Lipinski definition) is 1. The Kier molecular flexibility index (Phi) is 6.52. The molecule has 148 valence electrons. The predicted molar refractivity (Wildman–Crippen MR) is 110 cm³/mol. The largest absolute Gasteiger partial charge is 0.379 e. The molecule has 1 fully saturated rings. The van der Waals surface area contributed by atoms with Gasteiger partial charge in [0.1, 0.15) is 11.1 Å². The van der Waals surface area contributed by atoms with Crippen LogP contribution in [0.15, 0.2) is 33.6 Å². The van der Waals surface area contributed by atoms with Crippen LogP contribution in [-0.4, -0.2) is 44.9 Å². The number of aryl methyl sites for hydroxylation is 1. The fourth-order valence-corrected chi connectivity index (χ4v) is 6.04. The fraction of sp³-hybridized carbons (Fsp3) is 0.333. The fourth-order valence-electron chi connectivity index (χ4n) is 2.74. The van der Waals surface area contributed by atoms with Crippen molar-refractivity contribution in [2.75, 3.05) is 31.6 Å². The molecule has 0 saturated carbocycles. The average Bonchev–Trinajstić information content (AvgIpc) is 3.10. The molecule has 0 spiro atoms. The summed E-state index contributed by atoms with van der Waals surface area (Å²) in [4.78, 5) is 13.7. The van der Waals surface area contributed by atoms with Crippen LogP contribution >= 0.6 is 27.3 Å². The van der Waals surface area contributed by atoms with E-state index < -0.39 is 15.9 Å². The zero-order chi connectivity index (χ0) is 20.3. The highest BCUT2D eigenvalue weighted by Gasteiger charge is 2.29. The van der Waals surface area contributed by atoms with Crippen LogP contribution in [0, 0.1) is 11.3 Å². The quantitative estimate of drug-likeness (QED) is 0.703. The van der Waals surface area contributed by atoms with Gasteiger partial charge in [0.05, 0.1) is 23.7 Å². The van der Waals surface area contributed by atoms with E-state index in [0.717, 1.165) is 11.3 Å². The van der Waals surface area contributed by atoms with Crippen LogP contribution < -0.4 is 5.32 Å². The first-order chi connectivity index (χ1) is 13.4. The number of anilines is 1. The lowest BCUT2D eigenvalue weighted by molar-refractivity contribution is 0.0730. The highest BCUT2D eigenvalue weighted by atomic mass is 79.9. The lowest BCUT2D eigenvalue weighted by Crippen LogP contribution is -2.40. The number of sulfonamides is 1. The third-order valence-corrected chi connectivity index (χ3v) is 8.35. The molecular formula is C18H18BrN3O4S2. The third kappa shape index (κ3) is 4.29. The van der Waals surface area contributed by atoms with Gasteiger partial charge in [0.25, 0.3) is 5.91 Å². The zero-order valence-corrected chi connectivity index (χ0v) is 18.3. The van der Waals surface area contributed by atoms with Crippen molar-refractivity contribution in [2.24, 2.45) is 0 Å². The Morgan fingerprint density at radius 1 is 1.36 bits per heavy atom. The summed E-state index contributed by atoms with van der Waals surface area (Å²) in [6.07, 6.45) is 0.759. The first-order valence-electron chi connectivity index (χ1n) is 8.58. The van der Waals surface area contributed by atoms with Crippen LogP contribution in [0.4, 0.5) is 5.00 Å². The number of morpholine rings is 1. The van der Waals surface area contributed by atoms with Gasteiger partial charge in [-0.1, -0.05) is 6.92 Å². The molecule has 0 atom stereocenters. The molecule has 1 N–H and O–H groups in total. The Morgan fingerprint density at radius 3 is 2.71 bits per heavy atom. The molecule has 1 aliphatic heterocycles. The Hall–Kier alpha value is -1.77. The summed E-state index contributed by atoms with van der Waals surface area (Å²) in [7, 11) is -3.76. The number of halogens is 1. The average molecular weight is 484 g/mol. The number of thiophene rings is 1. The summed E-state index contributed by atoms with van der Waals surface area (Å²) in [5.41, 5.74) is 0.596. The number of carbonyl (C=O) groups is 1. The third-order valence-electron chi connectivity index (χ3n) is 4.26. The van der Waals surface area contributed by atoms with Crippen LogP contribution in [-0.2, 0) is 21.2 Å². The van der Waals surface area contributed by atoms with Crippen LogP contribution in [0.25, 0.3) is 0 Å². The maximum absolute atomic E-state index is 13.0. The number of rotatable bonds is 5. The highest BCUT2D eigenvalue weighted by Crippen LogP contribution is 2.30. The molecule has 1 aromatic heterocycles. The SMILES string of the molecule is CCc1cc(C#N)c(NC(=O)c2ccc(Br)c(S(=O)(=O)N3CCOCC3)c2)s1. The Balaban J connectivity index is 1.90. The number of benzene rings is 1. The number of ether oxygens (including phenoxy) is 1. The summed E-state index contributed by atoms with van der Waals surface area (Å²) < 4.78 is 32.9. The van der Waals surface area contributed by atoms with Crippen molar-refractivity contribution < 1.29 is 17.9 Å². The minimum Gasteiger partial charge on any atom is -0.379 e. The van der Waals surface area contributed by atoms with Gasteiger partial charge in [0.15, 0.2) is 0 Å². The van der Waals surface area contributed by atoms with E-state index >= 15 is 0 Å². The standard InChI is InChI=1S/C18H18BrN3O4S2/c1-2-14-9-13(11-20)18(27-14)21-17(23)12-3-4-15(19)16(10-12)28(24,25)22-5-7-26-8-6-22/h3-4,9-10H,2,5-8H2,1H3,(H,21,23). The van der Waals surface area contributed by atoms with Crippen molar-refractivity contribution in [1.29, 1.82) is 5.26 Å². The van der Waals surface area contributed by atoms with Crippen LogP contribution in [0.1, 0.15) is 27.7 Å². The predicted octanol–water partition coefficient (Wildman–Crippen LogP) is 3.22. The monoisotopic (exact) mass is 483 g/mol. The molecular weight excluding hydrogens is 466 g/mol. The molecule has 10 heteroatoms. The maximum Gasteiger partial charge on any atom is 0.256 e. The molecule has 0 bridgehead atoms. The van der Waals surface area contributed by atoms with E-state index in [1.54, 1.807) is 12.1 Å². The Morgan fingerprint density at radius 2 is 2.07 bits per heavy atom. The zero-order valence-electron chi connectivity index (χ0n) is 15.1. The molecule has 1 aliphatic rings. The molecule has 1 amide bonds. The number of amides is 1. The molecule has 2 heterocycles. The molecule has 0 aliphatic carbocycles. The first-order valence-corrected chi connectivity index (χ1v) is 11.6. The van der Waals surface area contributed by atoms with Gasteiger partial charge in [0.2, 0.25) is 10.0 Å². The van der Waals surface area contributed by atoms with Gasteiger partial charge in [-0.25, -0.2) is 8.42 Å². The summed E-state index contributed by atoms with van der Waals surface area (Å²) in [5.74, 6) is -0.466. The maximum atomic E-state index is 13.0. The number of nitrogens with zero attached hydrogens (tertiary/aromatic N) is 2. The van der Waals surface area contributed by atoms with E-state index in [4.69, 9.17) is 4.74 Å². The minimum absolute atomic E-state index is 0.0305. The van der Waals surface area contributed by atoms with Gasteiger partial charge in [-0.15, -0.1) is 11.3 Å². The Labute approximate surface area is 176 Å². The van der Waals surface area contributed by atoms with Gasteiger partial charge in [-0.3, -0.25) is 4.79 Å². The van der Waals surface area contributed by atoms with E-state index in [9.17, 15) is 18.5 Å². The molecule has 1 aromatic carbocycles. The van der Waals surface area contributed by atoms with Gasteiger partial charge in [-0.2, -0.15) is 9.57 Å². The van der Waals surface area contributed by atoms with Crippen molar-refractivity contribution in [3.8, 4) is 6.07 Å². The summed E-state index contributed by atoms with van der Waals surface area (Å²) >= 11 is 4.61. The second-order valence-corrected chi connectivity index (χ2v) is 9.93. The van der Waals surface area contributed by atoms with Crippen molar-refractivity contribution >= 4 is 48.2 Å². The van der Waals surface area contributed by atoms with E-state index in [0.29, 0.717) is 28.3 Å². The Bertz CT molecular complexity index is 1040. The van der Waals surface area contributed by atoms with Crippen LogP contribution in [0.5, 0.6) is 0 Å².